The van der Waals surface area contributed by atoms with Crippen molar-refractivity contribution in [3.05, 3.63) is 52.3 Å². The van der Waals surface area contributed by atoms with Gasteiger partial charge in [-0.05, 0) is 43.7 Å². The SMILES string of the molecule is COCCNCc1cc(C)n(-c2cccc(Cl)c2)c1C. The lowest BCUT2D eigenvalue weighted by Crippen LogP contribution is -2.18. The molecular formula is C16H21ClN2O. The van der Waals surface area contributed by atoms with Gasteiger partial charge in [0.25, 0.3) is 0 Å². The Hall–Kier alpha value is -1.29. The van der Waals surface area contributed by atoms with Crippen molar-refractivity contribution in [2.24, 2.45) is 0 Å². The maximum atomic E-state index is 6.09. The highest BCUT2D eigenvalue weighted by molar-refractivity contribution is 6.30. The fraction of sp³-hybridized carbons (Fsp3) is 0.375. The van der Waals surface area contributed by atoms with E-state index in [0.29, 0.717) is 0 Å². The minimum absolute atomic E-state index is 0.729. The average molecular weight is 293 g/mol. The molecule has 0 saturated heterocycles. The maximum absolute atomic E-state index is 6.09. The van der Waals surface area contributed by atoms with Crippen molar-refractivity contribution in [2.45, 2.75) is 20.4 Å². The van der Waals surface area contributed by atoms with Gasteiger partial charge in [0.05, 0.1) is 6.61 Å². The highest BCUT2D eigenvalue weighted by Crippen LogP contribution is 2.22. The first kappa shape index (κ1) is 15.1. The molecule has 108 valence electrons. The van der Waals surface area contributed by atoms with Crippen LogP contribution in [0.15, 0.2) is 30.3 Å². The predicted molar refractivity (Wildman–Crippen MR) is 83.8 cm³/mol. The number of rotatable bonds is 6. The van der Waals surface area contributed by atoms with Gasteiger partial charge in [-0.2, -0.15) is 0 Å². The summed E-state index contributed by atoms with van der Waals surface area (Å²) in [5.74, 6) is 0. The molecule has 1 aromatic heterocycles. The van der Waals surface area contributed by atoms with Crippen molar-refractivity contribution in [2.75, 3.05) is 20.3 Å². The molecule has 2 aromatic rings. The quantitative estimate of drug-likeness (QED) is 0.825. The number of aromatic nitrogens is 1. The van der Waals surface area contributed by atoms with Gasteiger partial charge in [-0.1, -0.05) is 17.7 Å². The van der Waals surface area contributed by atoms with Gasteiger partial charge in [0.2, 0.25) is 0 Å². The zero-order valence-corrected chi connectivity index (χ0v) is 13.0. The molecule has 2 rings (SSSR count). The molecule has 3 nitrogen and oxygen atoms in total. The first-order valence-electron chi connectivity index (χ1n) is 6.77. The maximum Gasteiger partial charge on any atom is 0.0587 e. The minimum Gasteiger partial charge on any atom is -0.383 e. The van der Waals surface area contributed by atoms with Crippen LogP contribution in [0.5, 0.6) is 0 Å². The van der Waals surface area contributed by atoms with E-state index in [0.717, 1.165) is 30.4 Å². The molecular weight excluding hydrogens is 272 g/mol. The van der Waals surface area contributed by atoms with Gasteiger partial charge in [0.15, 0.2) is 0 Å². The largest absolute Gasteiger partial charge is 0.383 e. The summed E-state index contributed by atoms with van der Waals surface area (Å²) in [6.45, 7) is 6.70. The van der Waals surface area contributed by atoms with Crippen LogP contribution in [0, 0.1) is 13.8 Å². The second kappa shape index (κ2) is 6.93. The summed E-state index contributed by atoms with van der Waals surface area (Å²) in [5, 5.41) is 4.14. The van der Waals surface area contributed by atoms with Crippen LogP contribution in [0.2, 0.25) is 5.02 Å². The van der Waals surface area contributed by atoms with Crippen molar-refractivity contribution in [1.82, 2.24) is 9.88 Å². The number of nitrogens with zero attached hydrogens (tertiary/aromatic N) is 1. The Kier molecular flexibility index (Phi) is 5.24. The molecule has 0 atom stereocenters. The van der Waals surface area contributed by atoms with Crippen molar-refractivity contribution >= 4 is 11.6 Å². The lowest BCUT2D eigenvalue weighted by atomic mass is 10.2. The Morgan fingerprint density at radius 3 is 2.75 bits per heavy atom. The topological polar surface area (TPSA) is 26.2 Å². The van der Waals surface area contributed by atoms with Gasteiger partial charge in [-0.25, -0.2) is 0 Å². The van der Waals surface area contributed by atoms with Crippen molar-refractivity contribution in [1.29, 1.82) is 0 Å². The first-order valence-corrected chi connectivity index (χ1v) is 7.14. The van der Waals surface area contributed by atoms with Gasteiger partial charge in [-0.3, -0.25) is 0 Å². The van der Waals surface area contributed by atoms with Crippen LogP contribution in [-0.4, -0.2) is 24.8 Å². The molecule has 0 aliphatic rings. The molecule has 0 radical (unpaired) electrons. The number of hydrogen-bond donors (Lipinski definition) is 1. The first-order chi connectivity index (χ1) is 9.63. The van der Waals surface area contributed by atoms with Gasteiger partial charge in [0.1, 0.15) is 0 Å². The van der Waals surface area contributed by atoms with Crippen LogP contribution in [-0.2, 0) is 11.3 Å². The van der Waals surface area contributed by atoms with E-state index in [1.54, 1.807) is 7.11 Å². The van der Waals surface area contributed by atoms with Crippen molar-refractivity contribution in [3.63, 3.8) is 0 Å². The Morgan fingerprint density at radius 1 is 1.25 bits per heavy atom. The molecule has 0 aliphatic carbocycles. The highest BCUT2D eigenvalue weighted by atomic mass is 35.5. The number of aryl methyl sites for hydroxylation is 1. The molecule has 0 unspecified atom stereocenters. The van der Waals surface area contributed by atoms with E-state index in [1.165, 1.54) is 17.0 Å². The average Bonchev–Trinajstić information content (AvgIpc) is 2.70. The van der Waals surface area contributed by atoms with Crippen molar-refractivity contribution in [3.8, 4) is 5.69 Å². The third-order valence-corrected chi connectivity index (χ3v) is 3.64. The number of ether oxygens (including phenoxy) is 1. The monoisotopic (exact) mass is 292 g/mol. The fourth-order valence-corrected chi connectivity index (χ4v) is 2.60. The Bertz CT molecular complexity index is 578. The van der Waals surface area contributed by atoms with E-state index < -0.39 is 0 Å². The molecule has 1 N–H and O–H groups in total. The molecule has 0 aliphatic heterocycles. The van der Waals surface area contributed by atoms with Gasteiger partial charge in [-0.15, -0.1) is 0 Å². The van der Waals surface area contributed by atoms with Crippen LogP contribution in [0.3, 0.4) is 0 Å². The zero-order chi connectivity index (χ0) is 14.5. The van der Waals surface area contributed by atoms with E-state index in [1.807, 2.05) is 18.2 Å². The summed E-state index contributed by atoms with van der Waals surface area (Å²) in [7, 11) is 1.71. The number of halogens is 1. The smallest absolute Gasteiger partial charge is 0.0587 e. The number of benzene rings is 1. The molecule has 1 aromatic carbocycles. The summed E-state index contributed by atoms with van der Waals surface area (Å²) in [5.41, 5.74) is 4.87. The normalized spacial score (nSPS) is 11.0. The number of hydrogen-bond acceptors (Lipinski definition) is 2. The van der Waals surface area contributed by atoms with E-state index >= 15 is 0 Å². The van der Waals surface area contributed by atoms with Crippen LogP contribution in [0.1, 0.15) is 17.0 Å². The van der Waals surface area contributed by atoms with E-state index in [4.69, 9.17) is 16.3 Å². The highest BCUT2D eigenvalue weighted by Gasteiger charge is 2.10. The van der Waals surface area contributed by atoms with Crippen LogP contribution in [0.4, 0.5) is 0 Å². The Balaban J connectivity index is 2.20. The standard InChI is InChI=1S/C16H21ClN2O/c1-12-9-14(11-18-7-8-20-3)13(2)19(12)16-6-4-5-15(17)10-16/h4-6,9-10,18H,7-8,11H2,1-3H3. The molecule has 0 fully saturated rings. The molecule has 0 spiro atoms. The summed E-state index contributed by atoms with van der Waals surface area (Å²) in [6, 6.07) is 10.2. The second-order valence-electron chi connectivity index (χ2n) is 4.88. The summed E-state index contributed by atoms with van der Waals surface area (Å²) >= 11 is 6.09. The predicted octanol–water partition coefficient (Wildman–Crippen LogP) is 3.48. The van der Waals surface area contributed by atoms with Crippen LogP contribution >= 0.6 is 11.6 Å². The molecule has 0 bridgehead atoms. The minimum atomic E-state index is 0.729. The van der Waals surface area contributed by atoms with Gasteiger partial charge in [0, 0.05) is 42.3 Å². The summed E-state index contributed by atoms with van der Waals surface area (Å²) in [4.78, 5) is 0. The van der Waals surface area contributed by atoms with Crippen molar-refractivity contribution < 1.29 is 4.74 Å². The van der Waals surface area contributed by atoms with Crippen LogP contribution in [0.25, 0.3) is 5.69 Å². The van der Waals surface area contributed by atoms with E-state index in [2.05, 4.69) is 35.9 Å². The number of nitrogens with one attached hydrogen (secondary N) is 1. The third-order valence-electron chi connectivity index (χ3n) is 3.40. The molecule has 20 heavy (non-hydrogen) atoms. The second-order valence-corrected chi connectivity index (χ2v) is 5.32. The fourth-order valence-electron chi connectivity index (χ4n) is 2.42. The van der Waals surface area contributed by atoms with Gasteiger partial charge < -0.3 is 14.6 Å². The van der Waals surface area contributed by atoms with Gasteiger partial charge >= 0.3 is 0 Å². The van der Waals surface area contributed by atoms with Crippen LogP contribution < -0.4 is 5.32 Å². The van der Waals surface area contributed by atoms with E-state index in [9.17, 15) is 0 Å². The number of methoxy groups -OCH3 is 1. The summed E-state index contributed by atoms with van der Waals surface area (Å²) in [6.07, 6.45) is 0. The zero-order valence-electron chi connectivity index (χ0n) is 12.2. The molecule has 1 heterocycles. The molecule has 0 amide bonds. The molecule has 0 saturated carbocycles. The third kappa shape index (κ3) is 3.42. The lowest BCUT2D eigenvalue weighted by Gasteiger charge is -2.10. The Morgan fingerprint density at radius 2 is 2.05 bits per heavy atom. The Labute approximate surface area is 125 Å². The lowest BCUT2D eigenvalue weighted by molar-refractivity contribution is 0.199. The molecule has 4 heteroatoms. The summed E-state index contributed by atoms with van der Waals surface area (Å²) < 4.78 is 7.27. The van der Waals surface area contributed by atoms with E-state index in [-0.39, 0.29) is 0 Å².